The van der Waals surface area contributed by atoms with Crippen molar-refractivity contribution in [3.05, 3.63) is 46.1 Å². The van der Waals surface area contributed by atoms with Gasteiger partial charge in [-0.05, 0) is 18.1 Å². The topological polar surface area (TPSA) is 52.7 Å². The molecule has 0 spiro atoms. The summed E-state index contributed by atoms with van der Waals surface area (Å²) in [6, 6.07) is 6.63. The molecule has 3 rings (SSSR count). The summed E-state index contributed by atoms with van der Waals surface area (Å²) in [4.78, 5) is 28.5. The Morgan fingerprint density at radius 1 is 1.30 bits per heavy atom. The van der Waals surface area contributed by atoms with Crippen LogP contribution in [-0.4, -0.2) is 41.9 Å². The van der Waals surface area contributed by atoms with Gasteiger partial charge >= 0.3 is 6.03 Å². The van der Waals surface area contributed by atoms with Gasteiger partial charge in [0.1, 0.15) is 0 Å². The number of carbonyl (C=O) groups is 2. The second-order valence-corrected chi connectivity index (χ2v) is 6.31. The van der Waals surface area contributed by atoms with E-state index in [9.17, 15) is 9.59 Å². The van der Waals surface area contributed by atoms with Crippen molar-refractivity contribution in [2.45, 2.75) is 25.8 Å². The van der Waals surface area contributed by atoms with Gasteiger partial charge in [-0.2, -0.15) is 0 Å². The molecule has 2 aliphatic rings. The second kappa shape index (κ2) is 6.24. The molecule has 122 valence electrons. The van der Waals surface area contributed by atoms with Crippen LogP contribution in [0, 0.1) is 0 Å². The lowest BCUT2D eigenvalue weighted by Crippen LogP contribution is -2.45. The molecule has 2 aliphatic heterocycles. The van der Waals surface area contributed by atoms with Crippen LogP contribution < -0.4 is 5.32 Å². The van der Waals surface area contributed by atoms with Gasteiger partial charge in [0.15, 0.2) is 0 Å². The molecule has 3 amide bonds. The van der Waals surface area contributed by atoms with Crippen molar-refractivity contribution in [1.82, 2.24) is 15.1 Å². The van der Waals surface area contributed by atoms with E-state index in [1.165, 1.54) is 4.90 Å². The third kappa shape index (κ3) is 2.70. The van der Waals surface area contributed by atoms with Gasteiger partial charge in [0.25, 0.3) is 5.91 Å². The standard InChI is InChI=1S/C17H20ClN3O2/c1-3-4-9-21-10-13-14(16(21)22)15(19-17(23)20(13)2)11-7-5-6-8-12(11)18/h5-8,15H,3-4,9-10H2,1-2H3,(H,19,23)/t15-/m0/s1. The zero-order chi connectivity index (χ0) is 16.6. The van der Waals surface area contributed by atoms with Gasteiger partial charge in [-0.1, -0.05) is 43.1 Å². The molecule has 5 nitrogen and oxygen atoms in total. The van der Waals surface area contributed by atoms with Crippen LogP contribution in [0.5, 0.6) is 0 Å². The molecule has 0 bridgehead atoms. The summed E-state index contributed by atoms with van der Waals surface area (Å²) in [6.45, 7) is 3.29. The highest BCUT2D eigenvalue weighted by atomic mass is 35.5. The van der Waals surface area contributed by atoms with Gasteiger partial charge in [-0.15, -0.1) is 0 Å². The first-order valence-corrected chi connectivity index (χ1v) is 8.23. The van der Waals surface area contributed by atoms with Crippen LogP contribution in [0.25, 0.3) is 0 Å². The quantitative estimate of drug-likeness (QED) is 0.921. The fraction of sp³-hybridized carbons (Fsp3) is 0.412. The number of amides is 3. The number of hydrogen-bond donors (Lipinski definition) is 1. The molecule has 0 saturated carbocycles. The molecule has 23 heavy (non-hydrogen) atoms. The van der Waals surface area contributed by atoms with E-state index in [4.69, 9.17) is 11.6 Å². The van der Waals surface area contributed by atoms with E-state index in [0.29, 0.717) is 23.7 Å². The van der Waals surface area contributed by atoms with Crippen LogP contribution in [-0.2, 0) is 4.79 Å². The Balaban J connectivity index is 2.00. The van der Waals surface area contributed by atoms with Crippen LogP contribution >= 0.6 is 11.6 Å². The largest absolute Gasteiger partial charge is 0.333 e. The van der Waals surface area contributed by atoms with Crippen molar-refractivity contribution >= 4 is 23.5 Å². The van der Waals surface area contributed by atoms with Crippen LogP contribution in [0.3, 0.4) is 0 Å². The minimum absolute atomic E-state index is 0.00906. The summed E-state index contributed by atoms with van der Waals surface area (Å²) in [7, 11) is 1.70. The average molecular weight is 334 g/mol. The van der Waals surface area contributed by atoms with E-state index in [1.54, 1.807) is 13.1 Å². The Morgan fingerprint density at radius 2 is 2.04 bits per heavy atom. The molecule has 0 unspecified atom stereocenters. The third-order valence-electron chi connectivity index (χ3n) is 4.43. The Morgan fingerprint density at radius 3 is 2.74 bits per heavy atom. The van der Waals surface area contributed by atoms with Crippen molar-refractivity contribution in [3.63, 3.8) is 0 Å². The van der Waals surface area contributed by atoms with Gasteiger partial charge in [0, 0.05) is 18.6 Å². The first-order valence-electron chi connectivity index (χ1n) is 7.85. The number of halogens is 1. The lowest BCUT2D eigenvalue weighted by atomic mass is 9.95. The fourth-order valence-corrected chi connectivity index (χ4v) is 3.34. The molecular formula is C17H20ClN3O2. The SMILES string of the molecule is CCCCN1CC2=C(C1=O)[C@H](c1ccccc1Cl)NC(=O)N2C. The van der Waals surface area contributed by atoms with Crippen molar-refractivity contribution in [2.24, 2.45) is 0 Å². The van der Waals surface area contributed by atoms with Crippen molar-refractivity contribution in [1.29, 1.82) is 0 Å². The number of hydrogen-bond acceptors (Lipinski definition) is 2. The highest BCUT2D eigenvalue weighted by Gasteiger charge is 2.42. The first kappa shape index (κ1) is 15.9. The fourth-order valence-electron chi connectivity index (χ4n) is 3.10. The smallest absolute Gasteiger partial charge is 0.322 e. The Hall–Kier alpha value is -2.01. The van der Waals surface area contributed by atoms with E-state index >= 15 is 0 Å². The lowest BCUT2D eigenvalue weighted by Gasteiger charge is -2.31. The molecular weight excluding hydrogens is 314 g/mol. The second-order valence-electron chi connectivity index (χ2n) is 5.90. The van der Waals surface area contributed by atoms with Gasteiger partial charge in [0.05, 0.1) is 23.9 Å². The molecule has 0 aliphatic carbocycles. The number of unbranched alkanes of at least 4 members (excludes halogenated alkanes) is 1. The molecule has 0 fully saturated rings. The monoisotopic (exact) mass is 333 g/mol. The number of rotatable bonds is 4. The van der Waals surface area contributed by atoms with E-state index in [2.05, 4.69) is 12.2 Å². The van der Waals surface area contributed by atoms with E-state index in [-0.39, 0.29) is 11.9 Å². The summed E-state index contributed by atoms with van der Waals surface area (Å²) in [5.41, 5.74) is 2.17. The van der Waals surface area contributed by atoms with Crippen LogP contribution in [0.2, 0.25) is 5.02 Å². The van der Waals surface area contributed by atoms with Crippen LogP contribution in [0.4, 0.5) is 4.79 Å². The predicted octanol–water partition coefficient (Wildman–Crippen LogP) is 2.93. The molecule has 0 saturated heterocycles. The van der Waals surface area contributed by atoms with Crippen LogP contribution in [0.1, 0.15) is 31.4 Å². The zero-order valence-electron chi connectivity index (χ0n) is 13.3. The Labute approximate surface area is 140 Å². The van der Waals surface area contributed by atoms with Gasteiger partial charge < -0.3 is 10.2 Å². The van der Waals surface area contributed by atoms with Crippen molar-refractivity contribution in [3.8, 4) is 0 Å². The zero-order valence-corrected chi connectivity index (χ0v) is 14.1. The molecule has 1 atom stereocenters. The summed E-state index contributed by atoms with van der Waals surface area (Å²) in [5.74, 6) is -0.00906. The summed E-state index contributed by atoms with van der Waals surface area (Å²) >= 11 is 6.29. The maximum atomic E-state index is 12.8. The van der Waals surface area contributed by atoms with Gasteiger partial charge in [-0.3, -0.25) is 9.69 Å². The molecule has 1 aromatic carbocycles. The van der Waals surface area contributed by atoms with E-state index in [1.807, 2.05) is 23.1 Å². The molecule has 0 aromatic heterocycles. The Bertz CT molecular complexity index is 686. The van der Waals surface area contributed by atoms with Crippen molar-refractivity contribution < 1.29 is 9.59 Å². The van der Waals surface area contributed by atoms with Crippen molar-refractivity contribution in [2.75, 3.05) is 20.1 Å². The summed E-state index contributed by atoms with van der Waals surface area (Å²) in [5, 5.41) is 3.45. The van der Waals surface area contributed by atoms with Crippen LogP contribution in [0.15, 0.2) is 35.5 Å². The summed E-state index contributed by atoms with van der Waals surface area (Å²) < 4.78 is 0. The molecule has 1 aromatic rings. The van der Waals surface area contributed by atoms with Gasteiger partial charge in [0.2, 0.25) is 0 Å². The number of nitrogens with one attached hydrogen (secondary N) is 1. The number of urea groups is 1. The molecule has 1 N–H and O–H groups in total. The average Bonchev–Trinajstić information content (AvgIpc) is 2.87. The molecule has 6 heteroatoms. The highest BCUT2D eigenvalue weighted by Crippen LogP contribution is 2.37. The maximum absolute atomic E-state index is 12.8. The number of likely N-dealkylation sites (N-methyl/N-ethyl adjacent to an activating group) is 1. The van der Waals surface area contributed by atoms with Gasteiger partial charge in [-0.25, -0.2) is 4.79 Å². The van der Waals surface area contributed by atoms with E-state index in [0.717, 1.165) is 24.1 Å². The number of carbonyl (C=O) groups excluding carboxylic acids is 2. The first-order chi connectivity index (χ1) is 11.0. The Kier molecular flexibility index (Phi) is 4.31. The maximum Gasteiger partial charge on any atom is 0.322 e. The minimum Gasteiger partial charge on any atom is -0.333 e. The lowest BCUT2D eigenvalue weighted by molar-refractivity contribution is -0.125. The highest BCUT2D eigenvalue weighted by molar-refractivity contribution is 6.31. The predicted molar refractivity (Wildman–Crippen MR) is 89.0 cm³/mol. The normalized spacial score (nSPS) is 20.9. The number of nitrogens with zero attached hydrogens (tertiary/aromatic N) is 2. The summed E-state index contributed by atoms with van der Waals surface area (Å²) in [6.07, 6.45) is 1.98. The molecule has 0 radical (unpaired) electrons. The third-order valence-corrected chi connectivity index (χ3v) is 4.78. The molecule has 2 heterocycles. The van der Waals surface area contributed by atoms with E-state index < -0.39 is 6.04 Å². The number of benzene rings is 1. The minimum atomic E-state index is -0.485.